The molecule has 0 aliphatic heterocycles. The summed E-state index contributed by atoms with van der Waals surface area (Å²) in [5.74, 6) is 0.608. The zero-order valence-corrected chi connectivity index (χ0v) is 14.8. The number of aryl methyl sites for hydroxylation is 2. The van der Waals surface area contributed by atoms with E-state index in [1.54, 1.807) is 24.8 Å². The van der Waals surface area contributed by atoms with E-state index >= 15 is 0 Å². The molecule has 0 aromatic carbocycles. The van der Waals surface area contributed by atoms with Gasteiger partial charge < -0.3 is 5.32 Å². The average molecular weight is 337 g/mol. The molecule has 1 N–H and O–H groups in total. The largest absolute Gasteiger partial charge is 0.351 e. The van der Waals surface area contributed by atoms with Crippen molar-refractivity contribution in [2.24, 2.45) is 0 Å². The molecule has 25 heavy (non-hydrogen) atoms. The Kier molecular flexibility index (Phi) is 5.33. The molecule has 0 aliphatic rings. The topological polar surface area (TPSA) is 81.4 Å². The lowest BCUT2D eigenvalue weighted by Gasteiger charge is -2.13. The maximum atomic E-state index is 4.65. The van der Waals surface area contributed by atoms with Gasteiger partial charge in [-0.2, -0.15) is 5.10 Å². The summed E-state index contributed by atoms with van der Waals surface area (Å²) in [6.07, 6.45) is 10.8. The van der Waals surface area contributed by atoms with Crippen LogP contribution in [0.5, 0.6) is 0 Å². The number of hydrogen-bond donors (Lipinski definition) is 1. The van der Waals surface area contributed by atoms with E-state index in [-0.39, 0.29) is 6.04 Å². The van der Waals surface area contributed by atoms with E-state index in [9.17, 15) is 0 Å². The predicted octanol–water partition coefficient (Wildman–Crippen LogP) is 2.89. The first-order valence-electron chi connectivity index (χ1n) is 8.54. The second-order valence-electron chi connectivity index (χ2n) is 6.10. The molecule has 0 fully saturated rings. The fourth-order valence-corrected chi connectivity index (χ4v) is 2.71. The fourth-order valence-electron chi connectivity index (χ4n) is 2.71. The highest BCUT2D eigenvalue weighted by Gasteiger charge is 2.11. The summed E-state index contributed by atoms with van der Waals surface area (Å²) in [5.41, 5.74) is 3.84. The Morgan fingerprint density at radius 3 is 2.84 bits per heavy atom. The highest BCUT2D eigenvalue weighted by molar-refractivity contribution is 5.61. The first-order valence-corrected chi connectivity index (χ1v) is 8.54. The van der Waals surface area contributed by atoms with Crippen molar-refractivity contribution in [3.05, 3.63) is 48.4 Å². The molecule has 0 bridgehead atoms. The van der Waals surface area contributed by atoms with Crippen LogP contribution in [0.4, 0.5) is 5.95 Å². The molecular formula is C18H23N7. The minimum absolute atomic E-state index is 0.149. The lowest BCUT2D eigenvalue weighted by molar-refractivity contribution is 0.598. The summed E-state index contributed by atoms with van der Waals surface area (Å²) in [6, 6.07) is 2.06. The van der Waals surface area contributed by atoms with Crippen LogP contribution in [-0.2, 0) is 13.0 Å². The molecule has 0 spiro atoms. The van der Waals surface area contributed by atoms with Crippen molar-refractivity contribution >= 4 is 5.95 Å². The lowest BCUT2D eigenvalue weighted by atomic mass is 10.2. The number of nitrogens with one attached hydrogen (secondary N) is 1. The molecule has 3 heterocycles. The highest BCUT2D eigenvalue weighted by atomic mass is 15.3. The van der Waals surface area contributed by atoms with Crippen LogP contribution >= 0.6 is 0 Å². The standard InChI is InChI=1S/C18H23N7/c1-4-9-25-12-16(14(3)24-25)17-5-6-21-18(23-17)22-13(2)10-15-11-19-7-8-20-15/h5-8,11-13H,4,9-10H2,1-3H3,(H,21,22,23). The minimum Gasteiger partial charge on any atom is -0.351 e. The molecule has 3 aromatic rings. The summed E-state index contributed by atoms with van der Waals surface area (Å²) >= 11 is 0. The maximum absolute atomic E-state index is 4.65. The summed E-state index contributed by atoms with van der Waals surface area (Å²) in [6.45, 7) is 7.14. The summed E-state index contributed by atoms with van der Waals surface area (Å²) in [7, 11) is 0. The Bertz CT molecular complexity index is 813. The van der Waals surface area contributed by atoms with Crippen molar-refractivity contribution < 1.29 is 0 Å². The van der Waals surface area contributed by atoms with Crippen molar-refractivity contribution in [3.63, 3.8) is 0 Å². The van der Waals surface area contributed by atoms with Gasteiger partial charge in [0.1, 0.15) is 0 Å². The van der Waals surface area contributed by atoms with Crippen LogP contribution in [0.2, 0.25) is 0 Å². The van der Waals surface area contributed by atoms with Gasteiger partial charge in [-0.15, -0.1) is 0 Å². The van der Waals surface area contributed by atoms with Crippen molar-refractivity contribution in [1.82, 2.24) is 29.7 Å². The molecule has 130 valence electrons. The molecular weight excluding hydrogens is 314 g/mol. The predicted molar refractivity (Wildman–Crippen MR) is 97.1 cm³/mol. The van der Waals surface area contributed by atoms with E-state index in [1.807, 2.05) is 23.9 Å². The molecule has 7 heteroatoms. The number of aromatic nitrogens is 6. The highest BCUT2D eigenvalue weighted by Crippen LogP contribution is 2.21. The Labute approximate surface area is 147 Å². The van der Waals surface area contributed by atoms with Gasteiger partial charge in [-0.05, 0) is 26.3 Å². The molecule has 7 nitrogen and oxygen atoms in total. The van der Waals surface area contributed by atoms with Gasteiger partial charge in [-0.3, -0.25) is 14.6 Å². The smallest absolute Gasteiger partial charge is 0.223 e. The Hall–Kier alpha value is -2.83. The van der Waals surface area contributed by atoms with Gasteiger partial charge in [0.15, 0.2) is 0 Å². The third kappa shape index (κ3) is 4.37. The SMILES string of the molecule is CCCn1cc(-c2ccnc(NC(C)Cc3cnccn3)n2)c(C)n1. The van der Waals surface area contributed by atoms with Crippen LogP contribution in [0, 0.1) is 6.92 Å². The monoisotopic (exact) mass is 337 g/mol. The third-order valence-corrected chi connectivity index (χ3v) is 3.84. The molecule has 0 amide bonds. The van der Waals surface area contributed by atoms with Crippen LogP contribution in [0.1, 0.15) is 31.7 Å². The van der Waals surface area contributed by atoms with Gasteiger partial charge >= 0.3 is 0 Å². The van der Waals surface area contributed by atoms with Gasteiger partial charge in [-0.25, -0.2) is 9.97 Å². The first-order chi connectivity index (χ1) is 12.2. The van der Waals surface area contributed by atoms with E-state index in [2.05, 4.69) is 44.2 Å². The molecule has 3 aromatic heterocycles. The van der Waals surface area contributed by atoms with Crippen LogP contribution in [0.15, 0.2) is 37.1 Å². The molecule has 1 atom stereocenters. The molecule has 0 aliphatic carbocycles. The Balaban J connectivity index is 1.73. The molecule has 0 saturated heterocycles. The van der Waals surface area contributed by atoms with E-state index in [1.165, 1.54) is 0 Å². The molecule has 1 unspecified atom stereocenters. The van der Waals surface area contributed by atoms with Gasteiger partial charge in [-0.1, -0.05) is 6.92 Å². The maximum Gasteiger partial charge on any atom is 0.223 e. The summed E-state index contributed by atoms with van der Waals surface area (Å²) < 4.78 is 1.97. The molecule has 3 rings (SSSR count). The van der Waals surface area contributed by atoms with Crippen molar-refractivity contribution in [1.29, 1.82) is 0 Å². The quantitative estimate of drug-likeness (QED) is 0.714. The number of nitrogens with zero attached hydrogens (tertiary/aromatic N) is 6. The van der Waals surface area contributed by atoms with Gasteiger partial charge in [0.25, 0.3) is 0 Å². The third-order valence-electron chi connectivity index (χ3n) is 3.84. The van der Waals surface area contributed by atoms with Crippen LogP contribution in [0.3, 0.4) is 0 Å². The first kappa shape index (κ1) is 17.0. The number of hydrogen-bond acceptors (Lipinski definition) is 6. The average Bonchev–Trinajstić information content (AvgIpc) is 2.97. The van der Waals surface area contributed by atoms with Crippen molar-refractivity contribution in [3.8, 4) is 11.3 Å². The Morgan fingerprint density at radius 1 is 1.20 bits per heavy atom. The zero-order chi connectivity index (χ0) is 17.6. The normalized spacial score (nSPS) is 12.1. The second-order valence-corrected chi connectivity index (χ2v) is 6.10. The fraction of sp³-hybridized carbons (Fsp3) is 0.389. The van der Waals surface area contributed by atoms with E-state index in [4.69, 9.17) is 0 Å². The Morgan fingerprint density at radius 2 is 2.08 bits per heavy atom. The molecule has 0 radical (unpaired) electrons. The van der Waals surface area contributed by atoms with Gasteiger partial charge in [0.05, 0.1) is 17.1 Å². The van der Waals surface area contributed by atoms with E-state index < -0.39 is 0 Å². The van der Waals surface area contributed by atoms with E-state index in [0.29, 0.717) is 5.95 Å². The van der Waals surface area contributed by atoms with Crippen LogP contribution < -0.4 is 5.32 Å². The lowest BCUT2D eigenvalue weighted by Crippen LogP contribution is -2.20. The van der Waals surface area contributed by atoms with Gasteiger partial charge in [0.2, 0.25) is 5.95 Å². The van der Waals surface area contributed by atoms with Crippen molar-refractivity contribution in [2.45, 2.75) is 46.2 Å². The van der Waals surface area contributed by atoms with E-state index in [0.717, 1.165) is 42.0 Å². The number of anilines is 1. The second kappa shape index (κ2) is 7.83. The van der Waals surface area contributed by atoms with Crippen LogP contribution in [0.25, 0.3) is 11.3 Å². The van der Waals surface area contributed by atoms with Crippen molar-refractivity contribution in [2.75, 3.05) is 5.32 Å². The van der Waals surface area contributed by atoms with Crippen LogP contribution in [-0.4, -0.2) is 35.8 Å². The molecule has 0 saturated carbocycles. The van der Waals surface area contributed by atoms with Gasteiger partial charge in [0, 0.05) is 55.6 Å². The summed E-state index contributed by atoms with van der Waals surface area (Å²) in [5, 5.41) is 7.88. The summed E-state index contributed by atoms with van der Waals surface area (Å²) in [4.78, 5) is 17.4. The number of rotatable bonds is 7. The minimum atomic E-state index is 0.149. The zero-order valence-electron chi connectivity index (χ0n) is 14.8.